The van der Waals surface area contributed by atoms with E-state index in [0.29, 0.717) is 24.7 Å². The third-order valence-corrected chi connectivity index (χ3v) is 5.62. The molecule has 7 heteroatoms. The molecule has 0 aliphatic carbocycles. The van der Waals surface area contributed by atoms with Crippen LogP contribution in [0.5, 0.6) is 0 Å². The lowest BCUT2D eigenvalue weighted by molar-refractivity contribution is 0.286. The average Bonchev–Trinajstić information content (AvgIpc) is 2.37. The van der Waals surface area contributed by atoms with Crippen molar-refractivity contribution in [3.8, 4) is 0 Å². The van der Waals surface area contributed by atoms with Crippen LogP contribution in [0.2, 0.25) is 0 Å². The van der Waals surface area contributed by atoms with Gasteiger partial charge in [0.25, 0.3) is 0 Å². The van der Waals surface area contributed by atoms with E-state index in [4.69, 9.17) is 5.73 Å². The van der Waals surface area contributed by atoms with Gasteiger partial charge in [-0.3, -0.25) is 0 Å². The summed E-state index contributed by atoms with van der Waals surface area (Å²) in [6, 6.07) is 3.73. The van der Waals surface area contributed by atoms with Crippen molar-refractivity contribution in [3.05, 3.63) is 18.3 Å². The number of hydrogen-bond donors (Lipinski definition) is 1. The molecule has 1 aromatic rings. The van der Waals surface area contributed by atoms with E-state index in [1.54, 1.807) is 22.3 Å². The van der Waals surface area contributed by atoms with Crippen LogP contribution in [0.4, 0.5) is 5.69 Å². The van der Waals surface area contributed by atoms with E-state index in [9.17, 15) is 8.42 Å². The van der Waals surface area contributed by atoms with E-state index in [2.05, 4.69) is 4.98 Å². The van der Waals surface area contributed by atoms with Crippen molar-refractivity contribution >= 4 is 27.5 Å². The van der Waals surface area contributed by atoms with Crippen LogP contribution in [-0.2, 0) is 10.0 Å². The summed E-state index contributed by atoms with van der Waals surface area (Å²) in [4.78, 5) is 4.24. The zero-order valence-electron chi connectivity index (χ0n) is 10.9. The number of nitrogen functional groups attached to an aromatic ring is 1. The van der Waals surface area contributed by atoms with Crippen molar-refractivity contribution in [2.45, 2.75) is 17.9 Å². The normalized spacial score (nSPS) is 21.4. The molecule has 2 N–H and O–H groups in total. The Bertz CT molecular complexity index is 516. The number of anilines is 1. The van der Waals surface area contributed by atoms with Gasteiger partial charge in [-0.25, -0.2) is 17.7 Å². The number of hydrogen-bond acceptors (Lipinski definition) is 5. The quantitative estimate of drug-likeness (QED) is 0.851. The van der Waals surface area contributed by atoms with Gasteiger partial charge in [0.05, 0.1) is 23.2 Å². The van der Waals surface area contributed by atoms with Gasteiger partial charge < -0.3 is 5.73 Å². The van der Waals surface area contributed by atoms with Gasteiger partial charge in [-0.05, 0) is 30.9 Å². The van der Waals surface area contributed by atoms with Gasteiger partial charge >= 0.3 is 0 Å². The number of pyridine rings is 1. The largest absolute Gasteiger partial charge is 0.397 e. The Hall–Kier alpha value is -0.790. The van der Waals surface area contributed by atoms with Crippen LogP contribution in [0, 0.1) is 5.92 Å². The summed E-state index contributed by atoms with van der Waals surface area (Å²) in [7, 11) is -3.06. The second-order valence-electron chi connectivity index (χ2n) is 4.87. The smallest absolute Gasteiger partial charge is 0.211 e. The highest BCUT2D eigenvalue weighted by Crippen LogP contribution is 2.25. The molecule has 0 bridgehead atoms. The Morgan fingerprint density at radius 1 is 1.53 bits per heavy atom. The first-order chi connectivity index (χ1) is 8.95. The van der Waals surface area contributed by atoms with Crippen LogP contribution in [-0.4, -0.2) is 42.8 Å². The first-order valence-electron chi connectivity index (χ1n) is 6.24. The first-order valence-corrected chi connectivity index (χ1v) is 9.08. The molecule has 1 saturated heterocycles. The summed E-state index contributed by atoms with van der Waals surface area (Å²) in [5.74, 6) is 1.29. The number of aromatic nitrogens is 1. The Labute approximate surface area is 118 Å². The highest BCUT2D eigenvalue weighted by molar-refractivity contribution is 7.99. The van der Waals surface area contributed by atoms with Crippen LogP contribution < -0.4 is 5.73 Å². The number of thioether (sulfide) groups is 1. The zero-order chi connectivity index (χ0) is 13.9. The molecule has 0 radical (unpaired) electrons. The van der Waals surface area contributed by atoms with Gasteiger partial charge in [0.15, 0.2) is 0 Å². The maximum atomic E-state index is 11.5. The fourth-order valence-electron chi connectivity index (χ4n) is 2.14. The standard InChI is InChI=1S/C12H19N3O2S2/c1-19(16,17)15-6-2-3-10(8-15)9-18-12-5-4-11(13)7-14-12/h4-5,7,10H,2-3,6,8-9,13H2,1H3. The van der Waals surface area contributed by atoms with Crippen LogP contribution >= 0.6 is 11.8 Å². The molecular formula is C12H19N3O2S2. The molecule has 1 unspecified atom stereocenters. The van der Waals surface area contributed by atoms with Gasteiger partial charge in [-0.2, -0.15) is 0 Å². The molecule has 0 aromatic carbocycles. The van der Waals surface area contributed by atoms with Crippen molar-refractivity contribution in [2.75, 3.05) is 30.8 Å². The lowest BCUT2D eigenvalue weighted by Crippen LogP contribution is -2.39. The Morgan fingerprint density at radius 3 is 2.95 bits per heavy atom. The second kappa shape index (κ2) is 6.11. The SMILES string of the molecule is CS(=O)(=O)N1CCCC(CSc2ccc(N)cn2)C1. The van der Waals surface area contributed by atoms with Gasteiger partial charge in [-0.1, -0.05) is 0 Å². The van der Waals surface area contributed by atoms with Crippen molar-refractivity contribution < 1.29 is 8.42 Å². The fourth-order valence-corrected chi connectivity index (χ4v) is 4.06. The molecule has 1 aliphatic rings. The molecule has 0 amide bonds. The van der Waals surface area contributed by atoms with E-state index in [0.717, 1.165) is 23.6 Å². The molecule has 2 rings (SSSR count). The lowest BCUT2D eigenvalue weighted by Gasteiger charge is -2.30. The number of piperidine rings is 1. The molecule has 5 nitrogen and oxygen atoms in total. The Kier molecular flexibility index (Phi) is 4.70. The molecule has 1 aromatic heterocycles. The van der Waals surface area contributed by atoms with Gasteiger partial charge in [-0.15, -0.1) is 11.8 Å². The molecule has 2 heterocycles. The zero-order valence-corrected chi connectivity index (χ0v) is 12.6. The Morgan fingerprint density at radius 2 is 2.32 bits per heavy atom. The van der Waals surface area contributed by atoms with Crippen LogP contribution in [0.25, 0.3) is 0 Å². The fraction of sp³-hybridized carbons (Fsp3) is 0.583. The summed E-state index contributed by atoms with van der Waals surface area (Å²) in [5, 5.41) is 0.936. The van der Waals surface area contributed by atoms with E-state index in [1.165, 1.54) is 6.26 Å². The van der Waals surface area contributed by atoms with E-state index < -0.39 is 10.0 Å². The van der Waals surface area contributed by atoms with E-state index in [1.807, 2.05) is 12.1 Å². The average molecular weight is 301 g/mol. The maximum Gasteiger partial charge on any atom is 0.211 e. The van der Waals surface area contributed by atoms with Gasteiger partial charge in [0.1, 0.15) is 0 Å². The van der Waals surface area contributed by atoms with Gasteiger partial charge in [0.2, 0.25) is 10.0 Å². The molecule has 1 fully saturated rings. The second-order valence-corrected chi connectivity index (χ2v) is 7.89. The molecule has 1 aliphatic heterocycles. The maximum absolute atomic E-state index is 11.5. The highest BCUT2D eigenvalue weighted by atomic mass is 32.2. The number of sulfonamides is 1. The van der Waals surface area contributed by atoms with E-state index >= 15 is 0 Å². The minimum absolute atomic E-state index is 0.396. The summed E-state index contributed by atoms with van der Waals surface area (Å²) >= 11 is 1.66. The predicted octanol–water partition coefficient (Wildman–Crippen LogP) is 1.43. The summed E-state index contributed by atoms with van der Waals surface area (Å²) in [5.41, 5.74) is 6.24. The van der Waals surface area contributed by atoms with E-state index in [-0.39, 0.29) is 0 Å². The summed E-state index contributed by atoms with van der Waals surface area (Å²) in [6.07, 6.45) is 4.94. The van der Waals surface area contributed by atoms with Crippen molar-refractivity contribution in [1.29, 1.82) is 0 Å². The Balaban J connectivity index is 1.87. The molecular weight excluding hydrogens is 282 g/mol. The predicted molar refractivity (Wildman–Crippen MR) is 78.5 cm³/mol. The minimum Gasteiger partial charge on any atom is -0.397 e. The molecule has 1 atom stereocenters. The third-order valence-electron chi connectivity index (χ3n) is 3.18. The van der Waals surface area contributed by atoms with Crippen molar-refractivity contribution in [3.63, 3.8) is 0 Å². The number of nitrogens with zero attached hydrogens (tertiary/aromatic N) is 2. The molecule has 0 saturated carbocycles. The minimum atomic E-state index is -3.06. The molecule has 106 valence electrons. The topological polar surface area (TPSA) is 76.3 Å². The monoisotopic (exact) mass is 301 g/mol. The van der Waals surface area contributed by atoms with Crippen molar-refractivity contribution in [2.24, 2.45) is 5.92 Å². The molecule has 0 spiro atoms. The summed E-state index contributed by atoms with van der Waals surface area (Å²) < 4.78 is 24.7. The van der Waals surface area contributed by atoms with Gasteiger partial charge in [0, 0.05) is 18.8 Å². The lowest BCUT2D eigenvalue weighted by atomic mass is 10.0. The molecule has 19 heavy (non-hydrogen) atoms. The first kappa shape index (κ1) is 14.6. The third kappa shape index (κ3) is 4.36. The van der Waals surface area contributed by atoms with Crippen molar-refractivity contribution in [1.82, 2.24) is 9.29 Å². The number of rotatable bonds is 4. The van der Waals surface area contributed by atoms with Crippen LogP contribution in [0.1, 0.15) is 12.8 Å². The van der Waals surface area contributed by atoms with Crippen LogP contribution in [0.3, 0.4) is 0 Å². The number of nitrogens with two attached hydrogens (primary N) is 1. The summed E-state index contributed by atoms with van der Waals surface area (Å²) in [6.45, 7) is 1.28. The van der Waals surface area contributed by atoms with Crippen LogP contribution in [0.15, 0.2) is 23.4 Å². The highest BCUT2D eigenvalue weighted by Gasteiger charge is 2.25.